The number of likely N-dealkylation sites (tertiary alicyclic amines) is 1. The summed E-state index contributed by atoms with van der Waals surface area (Å²) in [5.41, 5.74) is 2.82. The van der Waals surface area contributed by atoms with Crippen LogP contribution < -0.4 is 4.90 Å². The van der Waals surface area contributed by atoms with Crippen LogP contribution in [0.5, 0.6) is 0 Å². The standard InChI is InChI=1S/C28H34N2O5S/c1-4-19(16-31)30-24-26(33)29(23-17(2)10-8-11-18(23)3)14-9-13-28(24)22(25(30)32)21-20(36-28)12-6-5-7-15-35-27(21)34/h6,8-13,19-22,24,31H,4-5,7,14-16H2,1-3H3/b12-6-/t19-,20-,21+,22-,24?,28-/m0/s1. The van der Waals surface area contributed by atoms with Crippen molar-refractivity contribution in [2.24, 2.45) is 11.8 Å². The minimum atomic E-state index is -0.917. The number of aliphatic hydroxyl groups is 1. The smallest absolute Gasteiger partial charge is 0.311 e. The highest BCUT2D eigenvalue weighted by Crippen LogP contribution is 2.61. The number of carbonyl (C=O) groups excluding carboxylic acids is 3. The third-order valence-corrected chi connectivity index (χ3v) is 9.82. The molecule has 0 saturated carbocycles. The molecule has 0 bridgehead atoms. The minimum absolute atomic E-state index is 0.170. The van der Waals surface area contributed by atoms with Crippen molar-refractivity contribution in [1.29, 1.82) is 0 Å². The highest BCUT2D eigenvalue weighted by molar-refractivity contribution is 8.02. The molecule has 1 unspecified atom stereocenters. The Labute approximate surface area is 216 Å². The van der Waals surface area contributed by atoms with E-state index in [4.69, 9.17) is 4.74 Å². The van der Waals surface area contributed by atoms with Gasteiger partial charge >= 0.3 is 5.97 Å². The lowest BCUT2D eigenvalue weighted by Gasteiger charge is -2.38. The number of esters is 1. The molecule has 6 atom stereocenters. The molecule has 4 heterocycles. The summed E-state index contributed by atoms with van der Waals surface area (Å²) in [6, 6.07) is 4.60. The van der Waals surface area contributed by atoms with Gasteiger partial charge in [-0.2, -0.15) is 0 Å². The van der Waals surface area contributed by atoms with E-state index in [-0.39, 0.29) is 29.6 Å². The first-order valence-corrected chi connectivity index (χ1v) is 13.7. The lowest BCUT2D eigenvalue weighted by molar-refractivity contribution is -0.153. The highest BCUT2D eigenvalue weighted by atomic mass is 32.2. The Morgan fingerprint density at radius 2 is 1.92 bits per heavy atom. The van der Waals surface area contributed by atoms with Crippen molar-refractivity contribution in [1.82, 2.24) is 4.90 Å². The van der Waals surface area contributed by atoms with E-state index in [1.807, 2.05) is 57.2 Å². The number of para-hydroxylation sites is 1. The van der Waals surface area contributed by atoms with Gasteiger partial charge in [0.25, 0.3) is 5.91 Å². The van der Waals surface area contributed by atoms with Crippen molar-refractivity contribution in [3.8, 4) is 0 Å². The van der Waals surface area contributed by atoms with Gasteiger partial charge in [0.2, 0.25) is 5.91 Å². The van der Waals surface area contributed by atoms with Crippen LogP contribution in [0.3, 0.4) is 0 Å². The summed E-state index contributed by atoms with van der Waals surface area (Å²) < 4.78 is 4.69. The number of hydrogen-bond donors (Lipinski definition) is 1. The molecule has 0 aliphatic carbocycles. The van der Waals surface area contributed by atoms with Gasteiger partial charge in [0.05, 0.1) is 35.8 Å². The molecular weight excluding hydrogens is 476 g/mol. The topological polar surface area (TPSA) is 87.2 Å². The predicted octanol–water partition coefficient (Wildman–Crippen LogP) is 3.17. The largest absolute Gasteiger partial charge is 0.465 e. The molecule has 0 radical (unpaired) electrons. The third-order valence-electron chi connectivity index (χ3n) is 8.07. The second-order valence-corrected chi connectivity index (χ2v) is 11.6. The number of carbonyl (C=O) groups is 3. The van der Waals surface area contributed by atoms with Crippen molar-refractivity contribution in [3.05, 3.63) is 53.6 Å². The molecule has 2 fully saturated rings. The van der Waals surface area contributed by atoms with E-state index < -0.39 is 28.7 Å². The molecule has 1 aromatic carbocycles. The summed E-state index contributed by atoms with van der Waals surface area (Å²) in [7, 11) is 0. The number of fused-ring (bicyclic) bond motifs is 2. The monoisotopic (exact) mass is 510 g/mol. The number of aliphatic hydroxyl groups excluding tert-OH is 1. The molecule has 0 aromatic heterocycles. The fourth-order valence-electron chi connectivity index (χ4n) is 6.43. The van der Waals surface area contributed by atoms with Crippen LogP contribution in [0.1, 0.15) is 37.3 Å². The molecule has 2 saturated heterocycles. The fourth-order valence-corrected chi connectivity index (χ4v) is 8.42. The quantitative estimate of drug-likeness (QED) is 0.495. The first-order valence-electron chi connectivity index (χ1n) is 12.8. The normalized spacial score (nSPS) is 33.6. The maximum atomic E-state index is 14.5. The molecule has 5 rings (SSSR count). The van der Waals surface area contributed by atoms with E-state index in [0.717, 1.165) is 29.7 Å². The Bertz CT molecular complexity index is 1110. The van der Waals surface area contributed by atoms with Crippen molar-refractivity contribution in [2.75, 3.05) is 24.7 Å². The second-order valence-electron chi connectivity index (χ2n) is 10.2. The number of ether oxygens (including phenoxy) is 1. The number of anilines is 1. The molecule has 8 heteroatoms. The van der Waals surface area contributed by atoms with Gasteiger partial charge in [-0.15, -0.1) is 11.8 Å². The van der Waals surface area contributed by atoms with Gasteiger partial charge in [0.1, 0.15) is 6.04 Å². The zero-order valence-corrected chi connectivity index (χ0v) is 21.9. The van der Waals surface area contributed by atoms with E-state index in [1.165, 1.54) is 11.8 Å². The number of allylic oxidation sites excluding steroid dienone is 1. The summed E-state index contributed by atoms with van der Waals surface area (Å²) in [5.74, 6) is -2.19. The van der Waals surface area contributed by atoms with Crippen LogP contribution >= 0.6 is 11.8 Å². The summed E-state index contributed by atoms with van der Waals surface area (Å²) >= 11 is 1.53. The fraction of sp³-hybridized carbons (Fsp3) is 0.536. The Balaban J connectivity index is 1.67. The van der Waals surface area contributed by atoms with Gasteiger partial charge in [-0.1, -0.05) is 49.4 Å². The van der Waals surface area contributed by atoms with Crippen molar-refractivity contribution in [2.45, 2.75) is 62.1 Å². The van der Waals surface area contributed by atoms with Crippen molar-refractivity contribution >= 4 is 35.2 Å². The summed E-state index contributed by atoms with van der Waals surface area (Å²) in [6.07, 6.45) is 10.1. The zero-order valence-electron chi connectivity index (χ0n) is 21.1. The maximum absolute atomic E-state index is 14.5. The number of hydrogen-bond acceptors (Lipinski definition) is 6. The average molecular weight is 511 g/mol. The Kier molecular flexibility index (Phi) is 6.76. The first kappa shape index (κ1) is 25.1. The van der Waals surface area contributed by atoms with Crippen LogP contribution in [0.2, 0.25) is 0 Å². The summed E-state index contributed by atoms with van der Waals surface area (Å²) in [6.45, 7) is 6.33. The second kappa shape index (κ2) is 9.71. The summed E-state index contributed by atoms with van der Waals surface area (Å²) in [4.78, 5) is 45.4. The molecule has 4 aliphatic rings. The van der Waals surface area contributed by atoms with E-state index in [9.17, 15) is 19.5 Å². The molecule has 1 N–H and O–H groups in total. The van der Waals surface area contributed by atoms with Crippen LogP contribution in [0.4, 0.5) is 5.69 Å². The number of rotatable bonds is 4. The van der Waals surface area contributed by atoms with Gasteiger partial charge in [-0.05, 0) is 44.2 Å². The van der Waals surface area contributed by atoms with E-state index in [2.05, 4.69) is 6.08 Å². The molecule has 1 spiro atoms. The number of amides is 2. The number of cyclic esters (lactones) is 1. The lowest BCUT2D eigenvalue weighted by atomic mass is 9.78. The van der Waals surface area contributed by atoms with E-state index >= 15 is 0 Å². The van der Waals surface area contributed by atoms with Gasteiger partial charge in [0, 0.05) is 17.5 Å². The molecule has 7 nitrogen and oxygen atoms in total. The van der Waals surface area contributed by atoms with Crippen LogP contribution in [0.15, 0.2) is 42.5 Å². The number of benzene rings is 1. The van der Waals surface area contributed by atoms with Gasteiger partial charge in [0.15, 0.2) is 0 Å². The molecule has 36 heavy (non-hydrogen) atoms. The van der Waals surface area contributed by atoms with Crippen LogP contribution in [0, 0.1) is 25.7 Å². The zero-order chi connectivity index (χ0) is 25.6. The van der Waals surface area contributed by atoms with E-state index in [1.54, 1.807) is 9.80 Å². The van der Waals surface area contributed by atoms with Gasteiger partial charge in [-0.25, -0.2) is 0 Å². The Morgan fingerprint density at radius 3 is 2.61 bits per heavy atom. The Morgan fingerprint density at radius 1 is 1.17 bits per heavy atom. The van der Waals surface area contributed by atoms with E-state index in [0.29, 0.717) is 19.6 Å². The molecular formula is C28H34N2O5S. The molecule has 4 aliphatic heterocycles. The molecule has 2 amide bonds. The van der Waals surface area contributed by atoms with Gasteiger partial charge < -0.3 is 19.6 Å². The van der Waals surface area contributed by atoms with Crippen LogP contribution in [0.25, 0.3) is 0 Å². The average Bonchev–Trinajstić information content (AvgIpc) is 3.26. The van der Waals surface area contributed by atoms with Crippen molar-refractivity contribution in [3.63, 3.8) is 0 Å². The van der Waals surface area contributed by atoms with Gasteiger partial charge in [-0.3, -0.25) is 14.4 Å². The highest BCUT2D eigenvalue weighted by Gasteiger charge is 2.71. The van der Waals surface area contributed by atoms with Crippen LogP contribution in [-0.2, 0) is 19.1 Å². The summed E-state index contributed by atoms with van der Waals surface area (Å²) in [5, 5.41) is 9.98. The third kappa shape index (κ3) is 3.72. The number of nitrogens with zero attached hydrogens (tertiary/aromatic N) is 2. The lowest BCUT2D eigenvalue weighted by Crippen LogP contribution is -2.56. The SMILES string of the molecule is CC[C@@H](CO)N1C(=O)[C@@H]2[C@@H]3C(=O)OCCC/C=C\[C@@H]3S[C@@]23C=CCN(c2c(C)cccc2C)C(=O)C13. The van der Waals surface area contributed by atoms with Crippen LogP contribution in [-0.4, -0.2) is 69.6 Å². The molecule has 1 aromatic rings. The predicted molar refractivity (Wildman–Crippen MR) is 140 cm³/mol. The molecule has 192 valence electrons. The number of thioether (sulfide) groups is 1. The van der Waals surface area contributed by atoms with Crippen molar-refractivity contribution < 1.29 is 24.2 Å². The number of aryl methyl sites for hydroxylation is 2. The Hall–Kier alpha value is -2.58. The first-order chi connectivity index (χ1) is 17.4. The maximum Gasteiger partial charge on any atom is 0.311 e. The minimum Gasteiger partial charge on any atom is -0.465 e.